The van der Waals surface area contributed by atoms with Gasteiger partial charge in [0.15, 0.2) is 0 Å². The molecule has 1 unspecified atom stereocenters. The molecule has 4 rings (SSSR count). The molecule has 1 aliphatic carbocycles. The molecule has 0 N–H and O–H groups in total. The van der Waals surface area contributed by atoms with Crippen LogP contribution in [0.25, 0.3) is 11.6 Å². The molecule has 0 saturated heterocycles. The minimum absolute atomic E-state index is 0.0580. The molecule has 0 bridgehead atoms. The van der Waals surface area contributed by atoms with Gasteiger partial charge in [-0.05, 0) is 62.1 Å². The van der Waals surface area contributed by atoms with E-state index < -0.39 is 23.7 Å². The molecule has 2 aromatic carbocycles. The Balaban J connectivity index is 1.47. The topological polar surface area (TPSA) is 109 Å². The lowest BCUT2D eigenvalue weighted by molar-refractivity contribution is -0.146. The van der Waals surface area contributed by atoms with E-state index in [0.29, 0.717) is 25.1 Å². The summed E-state index contributed by atoms with van der Waals surface area (Å²) in [7, 11) is 4.33. The van der Waals surface area contributed by atoms with Crippen molar-refractivity contribution < 1.29 is 28.6 Å². The highest BCUT2D eigenvalue weighted by Gasteiger charge is 2.31. The fourth-order valence-electron chi connectivity index (χ4n) is 4.93. The number of methoxy groups -OCH3 is 1. The third-order valence-corrected chi connectivity index (χ3v) is 7.90. The second kappa shape index (κ2) is 14.4. The summed E-state index contributed by atoms with van der Waals surface area (Å²) in [6.07, 6.45) is 2.83. The molecular formula is C33H39N3O7S. The number of aromatic nitrogens is 1. The molecule has 234 valence electrons. The van der Waals surface area contributed by atoms with E-state index in [1.165, 1.54) is 37.5 Å². The van der Waals surface area contributed by atoms with Gasteiger partial charge in [-0.2, -0.15) is 0 Å². The van der Waals surface area contributed by atoms with Crippen LogP contribution < -0.4 is 19.5 Å². The van der Waals surface area contributed by atoms with Crippen molar-refractivity contribution in [3.63, 3.8) is 0 Å². The maximum atomic E-state index is 13.1. The molecule has 10 nitrogen and oxygen atoms in total. The maximum Gasteiger partial charge on any atom is 0.410 e. The summed E-state index contributed by atoms with van der Waals surface area (Å²) in [5, 5.41) is 5.06. The van der Waals surface area contributed by atoms with E-state index in [-0.39, 0.29) is 17.9 Å². The highest BCUT2D eigenvalue weighted by molar-refractivity contribution is 7.07. The van der Waals surface area contributed by atoms with Crippen molar-refractivity contribution >= 4 is 40.8 Å². The van der Waals surface area contributed by atoms with Crippen molar-refractivity contribution in [1.29, 1.82) is 0 Å². The van der Waals surface area contributed by atoms with Crippen molar-refractivity contribution in [2.45, 2.75) is 58.2 Å². The van der Waals surface area contributed by atoms with Gasteiger partial charge in [-0.15, -0.1) is 0 Å². The van der Waals surface area contributed by atoms with Crippen molar-refractivity contribution in [2.24, 2.45) is 5.16 Å². The fraction of sp³-hybridized carbons (Fsp3) is 0.394. The number of benzene rings is 2. The van der Waals surface area contributed by atoms with Crippen LogP contribution in [0.1, 0.15) is 38.3 Å². The van der Waals surface area contributed by atoms with Gasteiger partial charge in [-0.3, -0.25) is 14.3 Å². The van der Waals surface area contributed by atoms with Crippen LogP contribution in [0.2, 0.25) is 0 Å². The zero-order valence-electron chi connectivity index (χ0n) is 26.0. The number of carbonyl (C=O) groups excluding carboxylic acids is 2. The van der Waals surface area contributed by atoms with Crippen LogP contribution in [0.4, 0.5) is 4.79 Å². The largest absolute Gasteiger partial charge is 0.492 e. The molecular weight excluding hydrogens is 582 g/mol. The van der Waals surface area contributed by atoms with Crippen molar-refractivity contribution in [3.05, 3.63) is 85.3 Å². The minimum atomic E-state index is -0.856. The number of amides is 1. The summed E-state index contributed by atoms with van der Waals surface area (Å²) in [5.74, 6) is 0.0834. The van der Waals surface area contributed by atoms with E-state index in [9.17, 15) is 14.4 Å². The second-order valence-electron chi connectivity index (χ2n) is 11.4. The Morgan fingerprint density at radius 1 is 1.05 bits per heavy atom. The van der Waals surface area contributed by atoms with Gasteiger partial charge in [-0.25, -0.2) is 9.59 Å². The Bertz CT molecular complexity index is 1670. The first-order chi connectivity index (χ1) is 21.0. The number of esters is 1. The lowest BCUT2D eigenvalue weighted by atomic mass is 9.97. The number of ether oxygens (including phenoxy) is 3. The lowest BCUT2D eigenvalue weighted by Crippen LogP contribution is -2.46. The van der Waals surface area contributed by atoms with Crippen LogP contribution in [-0.2, 0) is 38.5 Å². The predicted molar refractivity (Wildman–Crippen MR) is 170 cm³/mol. The molecule has 0 aliphatic heterocycles. The van der Waals surface area contributed by atoms with Gasteiger partial charge in [-0.1, -0.05) is 59.0 Å². The Labute approximate surface area is 260 Å². The standard InChI is InChI=1S/C33H39N3O7S/c1-33(2,3)43-31(38)35(4)27(30(37)40-5)19-23-12-14-26(15-13-23)42-17-16-36-29-24(18-22-10-8-7-9-11-22)20-25(34-41-6)21-28(29)44-32(36)39/h7-15,21,27H,16-20H2,1-6H3. The summed E-state index contributed by atoms with van der Waals surface area (Å²) in [6.45, 7) is 5.96. The third kappa shape index (κ3) is 8.37. The van der Waals surface area contributed by atoms with E-state index in [1.54, 1.807) is 37.5 Å². The van der Waals surface area contributed by atoms with Crippen molar-refractivity contribution in [1.82, 2.24) is 9.47 Å². The van der Waals surface area contributed by atoms with Gasteiger partial charge in [0.25, 0.3) is 0 Å². The lowest BCUT2D eigenvalue weighted by Gasteiger charge is -2.29. The number of hydrogen-bond donors (Lipinski definition) is 0. The highest BCUT2D eigenvalue weighted by atomic mass is 32.1. The normalized spacial score (nSPS) is 14.3. The molecule has 1 atom stereocenters. The number of carbonyl (C=O) groups is 2. The third-order valence-electron chi connectivity index (χ3n) is 6.98. The molecule has 1 aliphatic rings. The molecule has 0 spiro atoms. The zero-order chi connectivity index (χ0) is 31.9. The van der Waals surface area contributed by atoms with E-state index in [4.69, 9.17) is 19.0 Å². The number of thiazole rings is 1. The number of fused-ring (bicyclic) bond motifs is 1. The Kier molecular flexibility index (Phi) is 10.6. The van der Waals surface area contributed by atoms with E-state index in [0.717, 1.165) is 32.3 Å². The zero-order valence-corrected chi connectivity index (χ0v) is 26.8. The maximum absolute atomic E-state index is 13.1. The number of oxime groups is 1. The van der Waals surface area contributed by atoms with E-state index in [1.807, 2.05) is 36.4 Å². The first kappa shape index (κ1) is 32.5. The first-order valence-electron chi connectivity index (χ1n) is 14.3. The van der Waals surface area contributed by atoms with Gasteiger partial charge in [0, 0.05) is 19.9 Å². The van der Waals surface area contributed by atoms with E-state index in [2.05, 4.69) is 17.3 Å². The van der Waals surface area contributed by atoms with E-state index >= 15 is 0 Å². The molecule has 1 aromatic heterocycles. The summed E-state index contributed by atoms with van der Waals surface area (Å²) in [6, 6.07) is 16.6. The molecule has 0 fully saturated rings. The van der Waals surface area contributed by atoms with Crippen LogP contribution in [0.3, 0.4) is 0 Å². The van der Waals surface area contributed by atoms with Crippen molar-refractivity contribution in [2.75, 3.05) is 27.9 Å². The molecule has 44 heavy (non-hydrogen) atoms. The van der Waals surface area contributed by atoms with Gasteiger partial charge >= 0.3 is 16.9 Å². The smallest absolute Gasteiger partial charge is 0.410 e. The predicted octanol–water partition coefficient (Wildman–Crippen LogP) is 3.52. The molecule has 0 radical (unpaired) electrons. The Hall–Kier alpha value is -4.38. The van der Waals surface area contributed by atoms with Gasteiger partial charge < -0.3 is 19.0 Å². The summed E-state index contributed by atoms with van der Waals surface area (Å²) >= 11 is 1.19. The summed E-state index contributed by atoms with van der Waals surface area (Å²) in [5.41, 5.74) is 3.15. The number of rotatable bonds is 11. The fourth-order valence-corrected chi connectivity index (χ4v) is 5.96. The summed E-state index contributed by atoms with van der Waals surface area (Å²) < 4.78 is 19.0. The van der Waals surface area contributed by atoms with Crippen molar-refractivity contribution in [3.8, 4) is 5.75 Å². The molecule has 1 heterocycles. The van der Waals surface area contributed by atoms with Crippen LogP contribution in [0.15, 0.2) is 64.5 Å². The van der Waals surface area contributed by atoms with Crippen LogP contribution in [-0.4, -0.2) is 66.8 Å². The average molecular weight is 622 g/mol. The highest BCUT2D eigenvalue weighted by Crippen LogP contribution is 2.18. The SMILES string of the molecule is CON=C1C=c2sc(=O)n(CCOc3ccc(CC(C(=O)OC)N(C)C(=O)OC(C)(C)C)cc3)c2=C(Cc2ccccc2)C1. The van der Waals surface area contributed by atoms with Gasteiger partial charge in [0.05, 0.1) is 29.2 Å². The quantitative estimate of drug-likeness (QED) is 0.238. The second-order valence-corrected chi connectivity index (χ2v) is 12.4. The number of hydrogen-bond acceptors (Lipinski definition) is 9. The number of nitrogens with zero attached hydrogens (tertiary/aromatic N) is 3. The minimum Gasteiger partial charge on any atom is -0.492 e. The van der Waals surface area contributed by atoms with Gasteiger partial charge in [0.1, 0.15) is 31.1 Å². The molecule has 1 amide bonds. The Morgan fingerprint density at radius 3 is 2.39 bits per heavy atom. The van der Waals surface area contributed by atoms with Crippen LogP contribution >= 0.6 is 11.3 Å². The first-order valence-corrected chi connectivity index (χ1v) is 15.1. The monoisotopic (exact) mass is 621 g/mol. The molecule has 3 aromatic rings. The Morgan fingerprint density at radius 2 is 1.75 bits per heavy atom. The average Bonchev–Trinajstić information content (AvgIpc) is 3.30. The van der Waals surface area contributed by atoms with Crippen LogP contribution in [0, 0.1) is 0 Å². The summed E-state index contributed by atoms with van der Waals surface area (Å²) in [4.78, 5) is 44.4. The van der Waals surface area contributed by atoms with Gasteiger partial charge in [0.2, 0.25) is 0 Å². The van der Waals surface area contributed by atoms with Crippen LogP contribution in [0.5, 0.6) is 5.75 Å². The molecule has 11 heteroatoms. The molecule has 0 saturated carbocycles. The number of likely N-dealkylation sites (N-methyl/N-ethyl adjacent to an activating group) is 1.